The summed E-state index contributed by atoms with van der Waals surface area (Å²) in [6.45, 7) is 0.527. The van der Waals surface area contributed by atoms with Crippen molar-refractivity contribution in [1.82, 2.24) is 14.9 Å². The van der Waals surface area contributed by atoms with E-state index in [-0.39, 0.29) is 11.9 Å². The van der Waals surface area contributed by atoms with E-state index >= 15 is 0 Å². The molecule has 1 N–H and O–H groups in total. The monoisotopic (exact) mass is 387 g/mol. The predicted octanol–water partition coefficient (Wildman–Crippen LogP) is 4.59. The second kappa shape index (κ2) is 7.74. The van der Waals surface area contributed by atoms with E-state index in [1.54, 1.807) is 0 Å². The van der Waals surface area contributed by atoms with Crippen LogP contribution in [-0.4, -0.2) is 28.1 Å². The third kappa shape index (κ3) is 3.53. The lowest BCUT2D eigenvalue weighted by Gasteiger charge is -2.23. The van der Waals surface area contributed by atoms with Crippen LogP contribution in [0.1, 0.15) is 54.1 Å². The van der Waals surface area contributed by atoms with Crippen molar-refractivity contribution in [3.8, 4) is 17.0 Å². The third-order valence-electron chi connectivity index (χ3n) is 6.03. The first-order chi connectivity index (χ1) is 14.3. The quantitative estimate of drug-likeness (QED) is 0.696. The summed E-state index contributed by atoms with van der Waals surface area (Å²) in [6.07, 6.45) is 10.1. The van der Waals surface area contributed by atoms with E-state index in [2.05, 4.69) is 27.0 Å². The van der Waals surface area contributed by atoms with Gasteiger partial charge in [-0.15, -0.1) is 0 Å². The van der Waals surface area contributed by atoms with Crippen molar-refractivity contribution >= 4 is 5.91 Å². The van der Waals surface area contributed by atoms with Crippen molar-refractivity contribution in [2.45, 2.75) is 44.2 Å². The van der Waals surface area contributed by atoms with E-state index in [1.807, 2.05) is 48.9 Å². The summed E-state index contributed by atoms with van der Waals surface area (Å²) in [7, 11) is 0. The Morgan fingerprint density at radius 2 is 1.86 bits per heavy atom. The van der Waals surface area contributed by atoms with Crippen molar-refractivity contribution < 1.29 is 9.53 Å². The SMILES string of the molecule is O=C(NC[C@@H]1c2ccccc2-c2cncn21)c1ccc(OC2CCCCC2)cc1. The Morgan fingerprint density at radius 3 is 2.69 bits per heavy atom. The first-order valence-electron chi connectivity index (χ1n) is 10.5. The van der Waals surface area contributed by atoms with Gasteiger partial charge in [0.25, 0.3) is 5.91 Å². The Hall–Kier alpha value is -3.08. The van der Waals surface area contributed by atoms with Gasteiger partial charge in [-0.1, -0.05) is 30.7 Å². The number of hydrogen-bond acceptors (Lipinski definition) is 3. The summed E-state index contributed by atoms with van der Waals surface area (Å²) in [5.41, 5.74) is 4.16. The van der Waals surface area contributed by atoms with Gasteiger partial charge in [0, 0.05) is 17.7 Å². The fourth-order valence-corrected chi connectivity index (χ4v) is 4.49. The number of fused-ring (bicyclic) bond motifs is 3. The van der Waals surface area contributed by atoms with E-state index in [1.165, 1.54) is 30.4 Å². The van der Waals surface area contributed by atoms with Crippen LogP contribution in [0.3, 0.4) is 0 Å². The molecule has 1 amide bonds. The lowest BCUT2D eigenvalue weighted by Crippen LogP contribution is -2.30. The van der Waals surface area contributed by atoms with E-state index in [4.69, 9.17) is 4.74 Å². The lowest BCUT2D eigenvalue weighted by molar-refractivity contribution is 0.0950. The molecule has 5 nitrogen and oxygen atoms in total. The second-order valence-corrected chi connectivity index (χ2v) is 7.90. The summed E-state index contributed by atoms with van der Waals surface area (Å²) in [5, 5.41) is 3.08. The van der Waals surface area contributed by atoms with Crippen molar-refractivity contribution in [3.63, 3.8) is 0 Å². The summed E-state index contributed by atoms with van der Waals surface area (Å²) in [5.74, 6) is 0.779. The molecule has 0 unspecified atom stereocenters. The molecule has 1 saturated carbocycles. The summed E-state index contributed by atoms with van der Waals surface area (Å²) in [4.78, 5) is 17.0. The summed E-state index contributed by atoms with van der Waals surface area (Å²) >= 11 is 0. The maximum Gasteiger partial charge on any atom is 0.251 e. The third-order valence-corrected chi connectivity index (χ3v) is 6.03. The van der Waals surface area contributed by atoms with Gasteiger partial charge in [-0.3, -0.25) is 4.79 Å². The van der Waals surface area contributed by atoms with Crippen LogP contribution in [0.25, 0.3) is 11.3 Å². The number of carbonyl (C=O) groups excluding carboxylic acids is 1. The lowest BCUT2D eigenvalue weighted by atomic mass is 9.98. The van der Waals surface area contributed by atoms with Crippen LogP contribution in [0.15, 0.2) is 61.1 Å². The minimum Gasteiger partial charge on any atom is -0.490 e. The zero-order valence-electron chi connectivity index (χ0n) is 16.4. The Balaban J connectivity index is 1.23. The van der Waals surface area contributed by atoms with Crippen LogP contribution in [0.4, 0.5) is 0 Å². The summed E-state index contributed by atoms with van der Waals surface area (Å²) < 4.78 is 8.19. The summed E-state index contributed by atoms with van der Waals surface area (Å²) in [6, 6.07) is 15.9. The molecule has 3 aromatic rings. The van der Waals surface area contributed by atoms with Crippen LogP contribution in [-0.2, 0) is 0 Å². The number of amides is 1. The average molecular weight is 387 g/mol. The highest BCUT2D eigenvalue weighted by Crippen LogP contribution is 2.38. The highest BCUT2D eigenvalue weighted by atomic mass is 16.5. The molecule has 5 rings (SSSR count). The predicted molar refractivity (Wildman–Crippen MR) is 112 cm³/mol. The Kier molecular flexibility index (Phi) is 4.80. The zero-order chi connectivity index (χ0) is 19.6. The largest absolute Gasteiger partial charge is 0.490 e. The smallest absolute Gasteiger partial charge is 0.251 e. The molecule has 148 valence electrons. The molecule has 0 bridgehead atoms. The van der Waals surface area contributed by atoms with Gasteiger partial charge in [0.2, 0.25) is 0 Å². The highest BCUT2D eigenvalue weighted by Gasteiger charge is 2.28. The molecule has 0 radical (unpaired) electrons. The molecule has 0 spiro atoms. The average Bonchev–Trinajstić information content (AvgIpc) is 3.35. The van der Waals surface area contributed by atoms with Gasteiger partial charge in [0.05, 0.1) is 30.4 Å². The number of carbonyl (C=O) groups is 1. The maximum atomic E-state index is 12.7. The molecule has 5 heteroatoms. The van der Waals surface area contributed by atoms with Crippen LogP contribution in [0.5, 0.6) is 5.75 Å². The molecule has 1 atom stereocenters. The molecule has 29 heavy (non-hydrogen) atoms. The standard InChI is InChI=1S/C24H25N3O2/c28-24(17-10-12-19(13-11-17)29-18-6-2-1-3-7-18)26-15-23-21-9-5-4-8-20(21)22-14-25-16-27(22)23/h4-5,8-14,16,18,23H,1-3,6-7,15H2,(H,26,28)/t23-/m1/s1. The van der Waals surface area contributed by atoms with Gasteiger partial charge < -0.3 is 14.6 Å². The van der Waals surface area contributed by atoms with Gasteiger partial charge in [0.15, 0.2) is 0 Å². The maximum absolute atomic E-state index is 12.7. The normalized spacial score (nSPS) is 18.1. The molecule has 2 aromatic carbocycles. The fourth-order valence-electron chi connectivity index (χ4n) is 4.49. The number of nitrogens with zero attached hydrogens (tertiary/aromatic N) is 2. The number of ether oxygens (including phenoxy) is 1. The van der Waals surface area contributed by atoms with Crippen molar-refractivity contribution in [2.24, 2.45) is 0 Å². The second-order valence-electron chi connectivity index (χ2n) is 7.90. The first-order valence-corrected chi connectivity index (χ1v) is 10.5. The number of imidazole rings is 1. The Bertz CT molecular complexity index is 1000. The van der Waals surface area contributed by atoms with Crippen molar-refractivity contribution in [1.29, 1.82) is 0 Å². The number of nitrogens with one attached hydrogen (secondary N) is 1. The van der Waals surface area contributed by atoms with E-state index in [0.29, 0.717) is 18.2 Å². The molecular weight excluding hydrogens is 362 g/mol. The molecule has 1 aliphatic heterocycles. The van der Waals surface area contributed by atoms with Gasteiger partial charge >= 0.3 is 0 Å². The van der Waals surface area contributed by atoms with Crippen molar-refractivity contribution in [3.05, 3.63) is 72.2 Å². The zero-order valence-corrected chi connectivity index (χ0v) is 16.4. The van der Waals surface area contributed by atoms with Gasteiger partial charge in [-0.2, -0.15) is 0 Å². The molecule has 2 aliphatic rings. The molecule has 0 saturated heterocycles. The van der Waals surface area contributed by atoms with Crippen molar-refractivity contribution in [2.75, 3.05) is 6.54 Å². The minimum absolute atomic E-state index is 0.0692. The van der Waals surface area contributed by atoms with Gasteiger partial charge in [0.1, 0.15) is 5.75 Å². The van der Waals surface area contributed by atoms with Crippen LogP contribution < -0.4 is 10.1 Å². The van der Waals surface area contributed by atoms with Crippen LogP contribution in [0.2, 0.25) is 0 Å². The molecular formula is C24H25N3O2. The molecule has 2 heterocycles. The van der Waals surface area contributed by atoms with Crippen LogP contribution in [0, 0.1) is 0 Å². The Morgan fingerprint density at radius 1 is 1.07 bits per heavy atom. The first kappa shape index (κ1) is 18.0. The number of rotatable bonds is 5. The molecule has 1 aromatic heterocycles. The van der Waals surface area contributed by atoms with Crippen LogP contribution >= 0.6 is 0 Å². The van der Waals surface area contributed by atoms with E-state index in [9.17, 15) is 4.79 Å². The minimum atomic E-state index is -0.0692. The van der Waals surface area contributed by atoms with E-state index in [0.717, 1.165) is 24.3 Å². The van der Waals surface area contributed by atoms with Gasteiger partial charge in [-0.05, 0) is 55.5 Å². The van der Waals surface area contributed by atoms with E-state index < -0.39 is 0 Å². The molecule has 1 aliphatic carbocycles. The highest BCUT2D eigenvalue weighted by molar-refractivity contribution is 5.94. The fraction of sp³-hybridized carbons (Fsp3) is 0.333. The van der Waals surface area contributed by atoms with Gasteiger partial charge in [-0.25, -0.2) is 4.98 Å². The molecule has 1 fully saturated rings. The Labute approximate surface area is 170 Å². The number of hydrogen-bond donors (Lipinski definition) is 1. The number of benzene rings is 2. The topological polar surface area (TPSA) is 56.2 Å². The number of aromatic nitrogens is 2.